The minimum absolute atomic E-state index is 0.306. The maximum Gasteiger partial charge on any atom is 0.147 e. The van der Waals surface area contributed by atoms with Gasteiger partial charge in [-0.1, -0.05) is 18.5 Å². The van der Waals surface area contributed by atoms with Crippen LogP contribution in [0.5, 0.6) is 0 Å². The van der Waals surface area contributed by atoms with E-state index >= 15 is 0 Å². The molecule has 1 unspecified atom stereocenters. The second kappa shape index (κ2) is 4.76. The molecule has 1 aliphatic rings. The van der Waals surface area contributed by atoms with Gasteiger partial charge in [-0.2, -0.15) is 0 Å². The van der Waals surface area contributed by atoms with Crippen molar-refractivity contribution in [2.24, 2.45) is 0 Å². The topological polar surface area (TPSA) is 35.0 Å². The number of aryl methyl sites for hydroxylation is 1. The zero-order valence-electron chi connectivity index (χ0n) is 8.46. The van der Waals surface area contributed by atoms with Crippen LogP contribution in [-0.2, 0) is 11.2 Å². The van der Waals surface area contributed by atoms with Gasteiger partial charge >= 0.3 is 0 Å². The fourth-order valence-corrected chi connectivity index (χ4v) is 2.29. The van der Waals surface area contributed by atoms with Crippen molar-refractivity contribution in [3.05, 3.63) is 21.1 Å². The Hall–Kier alpha value is -0.190. The van der Waals surface area contributed by atoms with Crippen LogP contribution in [0.4, 0.5) is 0 Å². The maximum absolute atomic E-state index is 6.04. The van der Waals surface area contributed by atoms with Crippen LogP contribution in [-0.4, -0.2) is 23.2 Å². The van der Waals surface area contributed by atoms with Gasteiger partial charge in [0.25, 0.3) is 0 Å². The molecule has 2 heterocycles. The summed E-state index contributed by atoms with van der Waals surface area (Å²) in [6.45, 7) is 3.56. The van der Waals surface area contributed by atoms with Crippen molar-refractivity contribution < 1.29 is 4.74 Å². The summed E-state index contributed by atoms with van der Waals surface area (Å²) < 4.78 is 6.13. The average molecular weight is 292 g/mol. The first-order valence-electron chi connectivity index (χ1n) is 5.02. The number of aromatic nitrogens is 2. The molecule has 1 saturated heterocycles. The Bertz CT molecular complexity index is 367. The van der Waals surface area contributed by atoms with E-state index in [1.807, 2.05) is 0 Å². The van der Waals surface area contributed by atoms with Gasteiger partial charge in [-0.15, -0.1) is 0 Å². The number of halogens is 2. The lowest BCUT2D eigenvalue weighted by Gasteiger charge is -2.10. The van der Waals surface area contributed by atoms with E-state index in [2.05, 4.69) is 32.8 Å². The fourth-order valence-electron chi connectivity index (χ4n) is 1.64. The molecule has 5 heteroatoms. The fraction of sp³-hybridized carbons (Fsp3) is 0.600. The summed E-state index contributed by atoms with van der Waals surface area (Å²) in [5, 5.41) is 0.503. The minimum atomic E-state index is 0.306. The number of hydrogen-bond donors (Lipinski definition) is 0. The second-order valence-corrected chi connectivity index (χ2v) is 4.70. The zero-order valence-corrected chi connectivity index (χ0v) is 10.8. The second-order valence-electron chi connectivity index (χ2n) is 3.55. The van der Waals surface area contributed by atoms with Crippen LogP contribution in [0.3, 0.4) is 0 Å². The molecule has 0 aliphatic carbocycles. The molecule has 1 aliphatic heterocycles. The Labute approximate surface area is 102 Å². The van der Waals surface area contributed by atoms with Crippen LogP contribution < -0.4 is 0 Å². The summed E-state index contributed by atoms with van der Waals surface area (Å²) in [6, 6.07) is 0. The molecule has 3 nitrogen and oxygen atoms in total. The SMILES string of the molecule is CCc1nc(C2CCOC2)nc(Cl)c1Br. The lowest BCUT2D eigenvalue weighted by Crippen LogP contribution is -2.07. The highest BCUT2D eigenvalue weighted by Crippen LogP contribution is 2.28. The first-order chi connectivity index (χ1) is 7.22. The van der Waals surface area contributed by atoms with Gasteiger partial charge in [-0.05, 0) is 28.8 Å². The first-order valence-corrected chi connectivity index (χ1v) is 6.19. The largest absolute Gasteiger partial charge is 0.381 e. The standard InChI is InChI=1S/C10H12BrClN2O/c1-2-7-8(11)9(12)14-10(13-7)6-3-4-15-5-6/h6H,2-5H2,1H3. The molecular weight excluding hydrogens is 279 g/mol. The summed E-state index contributed by atoms with van der Waals surface area (Å²) in [7, 11) is 0. The highest BCUT2D eigenvalue weighted by atomic mass is 79.9. The van der Waals surface area contributed by atoms with Gasteiger partial charge in [0.15, 0.2) is 0 Å². The normalized spacial score (nSPS) is 20.9. The first kappa shape index (κ1) is 11.3. The molecule has 0 radical (unpaired) electrons. The summed E-state index contributed by atoms with van der Waals surface area (Å²) in [4.78, 5) is 8.80. The van der Waals surface area contributed by atoms with Gasteiger partial charge < -0.3 is 4.74 Å². The van der Waals surface area contributed by atoms with Crippen molar-refractivity contribution in [1.29, 1.82) is 0 Å². The van der Waals surface area contributed by atoms with Crippen LogP contribution in [0.2, 0.25) is 5.15 Å². The van der Waals surface area contributed by atoms with Crippen molar-refractivity contribution in [2.45, 2.75) is 25.7 Å². The van der Waals surface area contributed by atoms with Gasteiger partial charge in [0.05, 0.1) is 16.8 Å². The Morgan fingerprint density at radius 2 is 2.33 bits per heavy atom. The molecule has 2 rings (SSSR count). The number of hydrogen-bond acceptors (Lipinski definition) is 3. The molecule has 1 aromatic rings. The average Bonchev–Trinajstić information content (AvgIpc) is 2.75. The predicted octanol–water partition coefficient (Wildman–Crippen LogP) is 2.96. The molecule has 15 heavy (non-hydrogen) atoms. The third kappa shape index (κ3) is 2.32. The van der Waals surface area contributed by atoms with Crippen molar-refractivity contribution in [3.63, 3.8) is 0 Å². The van der Waals surface area contributed by atoms with E-state index in [9.17, 15) is 0 Å². The van der Waals surface area contributed by atoms with E-state index in [0.29, 0.717) is 17.7 Å². The van der Waals surface area contributed by atoms with Gasteiger partial charge in [0, 0.05) is 12.5 Å². The number of nitrogens with zero attached hydrogens (tertiary/aromatic N) is 2. The van der Waals surface area contributed by atoms with E-state index in [4.69, 9.17) is 16.3 Å². The quantitative estimate of drug-likeness (QED) is 0.786. The summed E-state index contributed by atoms with van der Waals surface area (Å²) in [5.74, 6) is 1.12. The van der Waals surface area contributed by atoms with Crippen LogP contribution in [0.15, 0.2) is 4.47 Å². The number of ether oxygens (including phenoxy) is 1. The maximum atomic E-state index is 6.04. The molecule has 0 bridgehead atoms. The van der Waals surface area contributed by atoms with Crippen LogP contribution in [0, 0.1) is 0 Å². The highest BCUT2D eigenvalue weighted by Gasteiger charge is 2.22. The highest BCUT2D eigenvalue weighted by molar-refractivity contribution is 9.10. The van der Waals surface area contributed by atoms with Crippen molar-refractivity contribution in [2.75, 3.05) is 13.2 Å². The molecule has 1 atom stereocenters. The van der Waals surface area contributed by atoms with Gasteiger partial charge in [0.2, 0.25) is 0 Å². The third-order valence-corrected chi connectivity index (χ3v) is 3.86. The Morgan fingerprint density at radius 3 is 2.93 bits per heavy atom. The van der Waals surface area contributed by atoms with E-state index in [-0.39, 0.29) is 0 Å². The zero-order chi connectivity index (χ0) is 10.8. The predicted molar refractivity (Wildman–Crippen MR) is 62.3 cm³/mol. The van der Waals surface area contributed by atoms with E-state index in [0.717, 1.165) is 35.4 Å². The molecular formula is C10H12BrClN2O. The van der Waals surface area contributed by atoms with Crippen LogP contribution in [0.25, 0.3) is 0 Å². The van der Waals surface area contributed by atoms with Crippen molar-refractivity contribution in [1.82, 2.24) is 9.97 Å². The third-order valence-electron chi connectivity index (χ3n) is 2.53. The molecule has 0 saturated carbocycles. The summed E-state index contributed by atoms with van der Waals surface area (Å²) in [5.41, 5.74) is 0.969. The summed E-state index contributed by atoms with van der Waals surface area (Å²) in [6.07, 6.45) is 1.84. The monoisotopic (exact) mass is 290 g/mol. The summed E-state index contributed by atoms with van der Waals surface area (Å²) >= 11 is 9.43. The molecule has 1 aromatic heterocycles. The molecule has 1 fully saturated rings. The van der Waals surface area contributed by atoms with Crippen molar-refractivity contribution >= 4 is 27.5 Å². The minimum Gasteiger partial charge on any atom is -0.381 e. The van der Waals surface area contributed by atoms with E-state index in [1.165, 1.54) is 0 Å². The van der Waals surface area contributed by atoms with Gasteiger partial charge in [-0.3, -0.25) is 0 Å². The lowest BCUT2D eigenvalue weighted by atomic mass is 10.1. The molecule has 0 aromatic carbocycles. The molecule has 82 valence electrons. The molecule has 0 amide bonds. The van der Waals surface area contributed by atoms with Gasteiger partial charge in [-0.25, -0.2) is 9.97 Å². The van der Waals surface area contributed by atoms with E-state index in [1.54, 1.807) is 0 Å². The van der Waals surface area contributed by atoms with E-state index < -0.39 is 0 Å². The lowest BCUT2D eigenvalue weighted by molar-refractivity contribution is 0.193. The smallest absolute Gasteiger partial charge is 0.147 e. The molecule has 0 spiro atoms. The molecule has 0 N–H and O–H groups in total. The Morgan fingerprint density at radius 1 is 1.53 bits per heavy atom. The number of rotatable bonds is 2. The Kier molecular flexibility index (Phi) is 3.59. The van der Waals surface area contributed by atoms with Crippen LogP contribution in [0.1, 0.15) is 30.8 Å². The Balaban J connectivity index is 2.35. The van der Waals surface area contributed by atoms with Crippen LogP contribution >= 0.6 is 27.5 Å². The van der Waals surface area contributed by atoms with Crippen molar-refractivity contribution in [3.8, 4) is 0 Å². The van der Waals surface area contributed by atoms with Gasteiger partial charge in [0.1, 0.15) is 11.0 Å².